The van der Waals surface area contributed by atoms with Gasteiger partial charge in [-0.3, -0.25) is 10.1 Å². The predicted octanol–water partition coefficient (Wildman–Crippen LogP) is 2.76. The average molecular weight is 291 g/mol. The Labute approximate surface area is 122 Å². The minimum absolute atomic E-state index is 0.0278. The monoisotopic (exact) mass is 291 g/mol. The summed E-state index contributed by atoms with van der Waals surface area (Å²) in [6.07, 6.45) is 2.62. The largest absolute Gasteiger partial charge is 0.496 e. The summed E-state index contributed by atoms with van der Waals surface area (Å²) in [6, 6.07) is 4.38. The summed E-state index contributed by atoms with van der Waals surface area (Å²) in [5.41, 5.74) is 0.609. The van der Waals surface area contributed by atoms with Gasteiger partial charge in [0.05, 0.1) is 36.4 Å². The summed E-state index contributed by atoms with van der Waals surface area (Å²) >= 11 is 0. The molecule has 0 aliphatic carbocycles. The number of oxazole rings is 1. The van der Waals surface area contributed by atoms with Crippen molar-refractivity contribution in [2.45, 2.75) is 19.9 Å². The zero-order valence-corrected chi connectivity index (χ0v) is 12.0. The van der Waals surface area contributed by atoms with E-state index in [4.69, 9.17) is 9.15 Å². The Kier molecular flexibility index (Phi) is 4.89. The number of rotatable bonds is 7. The van der Waals surface area contributed by atoms with Crippen molar-refractivity contribution in [2.75, 3.05) is 13.7 Å². The number of nitrogens with one attached hydrogen (secondary N) is 1. The third kappa shape index (κ3) is 3.57. The lowest BCUT2D eigenvalue weighted by Gasteiger charge is -2.05. The number of benzene rings is 1. The van der Waals surface area contributed by atoms with Crippen molar-refractivity contribution in [3.63, 3.8) is 0 Å². The van der Waals surface area contributed by atoms with Gasteiger partial charge in [0, 0.05) is 6.07 Å². The molecule has 0 spiro atoms. The summed E-state index contributed by atoms with van der Waals surface area (Å²) in [4.78, 5) is 14.5. The van der Waals surface area contributed by atoms with Gasteiger partial charge in [0.25, 0.3) is 5.69 Å². The van der Waals surface area contributed by atoms with Crippen LogP contribution in [-0.4, -0.2) is 23.6 Å². The van der Waals surface area contributed by atoms with Crippen LogP contribution in [0.25, 0.3) is 11.3 Å². The van der Waals surface area contributed by atoms with E-state index >= 15 is 0 Å². The molecule has 1 aromatic heterocycles. The molecular formula is C14H17N3O4. The highest BCUT2D eigenvalue weighted by Gasteiger charge is 2.15. The number of hydrogen-bond donors (Lipinski definition) is 1. The van der Waals surface area contributed by atoms with E-state index in [1.165, 1.54) is 19.2 Å². The fourth-order valence-corrected chi connectivity index (χ4v) is 1.89. The topological polar surface area (TPSA) is 90.4 Å². The Morgan fingerprint density at radius 3 is 2.95 bits per heavy atom. The minimum Gasteiger partial charge on any atom is -0.496 e. The molecular weight excluding hydrogens is 274 g/mol. The van der Waals surface area contributed by atoms with Gasteiger partial charge in [-0.15, -0.1) is 0 Å². The fraction of sp³-hybridized carbons (Fsp3) is 0.357. The Balaban J connectivity index is 2.23. The van der Waals surface area contributed by atoms with Crippen molar-refractivity contribution in [2.24, 2.45) is 0 Å². The van der Waals surface area contributed by atoms with Crippen LogP contribution in [0.3, 0.4) is 0 Å². The molecule has 0 saturated heterocycles. The predicted molar refractivity (Wildman–Crippen MR) is 77.1 cm³/mol. The molecule has 112 valence electrons. The molecule has 0 bridgehead atoms. The number of non-ortho nitro benzene ring substituents is 1. The lowest BCUT2D eigenvalue weighted by Crippen LogP contribution is -2.13. The van der Waals surface area contributed by atoms with Gasteiger partial charge in [-0.2, -0.15) is 0 Å². The number of nitrogens with zero attached hydrogens (tertiary/aromatic N) is 2. The van der Waals surface area contributed by atoms with Gasteiger partial charge in [-0.05, 0) is 19.0 Å². The first kappa shape index (κ1) is 15.0. The van der Waals surface area contributed by atoms with E-state index in [-0.39, 0.29) is 5.69 Å². The van der Waals surface area contributed by atoms with Gasteiger partial charge in [0.1, 0.15) is 5.75 Å². The van der Waals surface area contributed by atoms with Crippen LogP contribution in [0.15, 0.2) is 28.8 Å². The summed E-state index contributed by atoms with van der Waals surface area (Å²) in [7, 11) is 1.46. The van der Waals surface area contributed by atoms with E-state index in [1.807, 2.05) is 0 Å². The molecule has 2 aromatic rings. The van der Waals surface area contributed by atoms with Gasteiger partial charge in [0.2, 0.25) is 5.89 Å². The first-order valence-electron chi connectivity index (χ1n) is 6.64. The number of hydrogen-bond acceptors (Lipinski definition) is 6. The van der Waals surface area contributed by atoms with Gasteiger partial charge in [0.15, 0.2) is 5.76 Å². The molecule has 0 amide bonds. The van der Waals surface area contributed by atoms with Crippen molar-refractivity contribution in [1.29, 1.82) is 0 Å². The SMILES string of the molecule is CCCNCc1ncc(-c2ccc([N+](=O)[O-])cc2OC)o1. The van der Waals surface area contributed by atoms with Crippen LogP contribution in [0, 0.1) is 10.1 Å². The van der Waals surface area contributed by atoms with E-state index < -0.39 is 4.92 Å². The molecule has 0 aliphatic heterocycles. The lowest BCUT2D eigenvalue weighted by molar-refractivity contribution is -0.384. The van der Waals surface area contributed by atoms with Gasteiger partial charge in [-0.1, -0.05) is 6.92 Å². The van der Waals surface area contributed by atoms with Crippen molar-refractivity contribution in [3.8, 4) is 17.1 Å². The standard InChI is InChI=1S/C14H17N3O4/c1-3-6-15-9-14-16-8-13(21-14)11-5-4-10(17(18)19)7-12(11)20-2/h4-5,7-8,15H,3,6,9H2,1-2H3. The second-order valence-electron chi connectivity index (χ2n) is 4.44. The van der Waals surface area contributed by atoms with Crippen LogP contribution >= 0.6 is 0 Å². The fourth-order valence-electron chi connectivity index (χ4n) is 1.89. The summed E-state index contributed by atoms with van der Waals surface area (Å²) in [6.45, 7) is 3.51. The Morgan fingerprint density at radius 1 is 1.48 bits per heavy atom. The molecule has 21 heavy (non-hydrogen) atoms. The number of nitro benzene ring substituents is 1. The quantitative estimate of drug-likeness (QED) is 0.479. The highest BCUT2D eigenvalue weighted by molar-refractivity contribution is 5.67. The van der Waals surface area contributed by atoms with Gasteiger partial charge < -0.3 is 14.5 Å². The second-order valence-corrected chi connectivity index (χ2v) is 4.44. The van der Waals surface area contributed by atoms with Gasteiger partial charge >= 0.3 is 0 Å². The van der Waals surface area contributed by atoms with Crippen molar-refractivity contribution in [1.82, 2.24) is 10.3 Å². The third-order valence-electron chi connectivity index (χ3n) is 2.92. The highest BCUT2D eigenvalue weighted by atomic mass is 16.6. The number of nitro groups is 1. The average Bonchev–Trinajstić information content (AvgIpc) is 2.95. The molecule has 0 aliphatic rings. The van der Waals surface area contributed by atoms with Crippen LogP contribution in [-0.2, 0) is 6.54 Å². The Morgan fingerprint density at radius 2 is 2.29 bits per heavy atom. The lowest BCUT2D eigenvalue weighted by atomic mass is 10.1. The van der Waals surface area contributed by atoms with Crippen LogP contribution < -0.4 is 10.1 Å². The molecule has 1 heterocycles. The molecule has 7 heteroatoms. The molecule has 0 saturated carbocycles. The Bertz CT molecular complexity index is 624. The molecule has 0 fully saturated rings. The highest BCUT2D eigenvalue weighted by Crippen LogP contribution is 2.33. The maximum Gasteiger partial charge on any atom is 0.273 e. The number of methoxy groups -OCH3 is 1. The molecule has 7 nitrogen and oxygen atoms in total. The van der Waals surface area contributed by atoms with E-state index in [0.717, 1.165) is 13.0 Å². The minimum atomic E-state index is -0.465. The van der Waals surface area contributed by atoms with Crippen molar-refractivity contribution < 1.29 is 14.1 Å². The second kappa shape index (κ2) is 6.85. The van der Waals surface area contributed by atoms with E-state index in [0.29, 0.717) is 29.5 Å². The maximum absolute atomic E-state index is 10.8. The molecule has 2 rings (SSSR count). The Hall–Kier alpha value is -2.41. The molecule has 0 unspecified atom stereocenters. The number of ether oxygens (including phenoxy) is 1. The van der Waals surface area contributed by atoms with Crippen LogP contribution in [0.5, 0.6) is 5.75 Å². The first-order valence-corrected chi connectivity index (χ1v) is 6.64. The van der Waals surface area contributed by atoms with Crippen molar-refractivity contribution >= 4 is 5.69 Å². The van der Waals surface area contributed by atoms with Crippen LogP contribution in [0.1, 0.15) is 19.2 Å². The van der Waals surface area contributed by atoms with Crippen LogP contribution in [0.2, 0.25) is 0 Å². The maximum atomic E-state index is 10.8. The molecule has 1 N–H and O–H groups in total. The summed E-state index contributed by atoms with van der Waals surface area (Å²) in [5, 5.41) is 14.0. The smallest absolute Gasteiger partial charge is 0.273 e. The molecule has 1 aromatic carbocycles. The summed E-state index contributed by atoms with van der Waals surface area (Å²) < 4.78 is 10.8. The van der Waals surface area contributed by atoms with Gasteiger partial charge in [-0.25, -0.2) is 4.98 Å². The first-order chi connectivity index (χ1) is 10.2. The van der Waals surface area contributed by atoms with E-state index in [9.17, 15) is 10.1 Å². The summed E-state index contributed by atoms with van der Waals surface area (Å²) in [5.74, 6) is 1.47. The zero-order valence-electron chi connectivity index (χ0n) is 12.0. The normalized spacial score (nSPS) is 10.6. The molecule has 0 atom stereocenters. The van der Waals surface area contributed by atoms with E-state index in [2.05, 4.69) is 17.2 Å². The molecule has 0 radical (unpaired) electrons. The third-order valence-corrected chi connectivity index (χ3v) is 2.92. The van der Waals surface area contributed by atoms with E-state index in [1.54, 1.807) is 12.3 Å². The van der Waals surface area contributed by atoms with Crippen molar-refractivity contribution in [3.05, 3.63) is 40.4 Å². The van der Waals surface area contributed by atoms with Crippen LogP contribution in [0.4, 0.5) is 5.69 Å². The number of aromatic nitrogens is 1. The zero-order chi connectivity index (χ0) is 15.2.